The first-order valence-electron chi connectivity index (χ1n) is 9.97. The van der Waals surface area contributed by atoms with E-state index >= 15 is 0 Å². The van der Waals surface area contributed by atoms with Crippen LogP contribution in [0.25, 0.3) is 22.1 Å². The van der Waals surface area contributed by atoms with Crippen molar-refractivity contribution in [3.8, 4) is 11.5 Å². The summed E-state index contributed by atoms with van der Waals surface area (Å²) in [4.78, 5) is 18.1. The molecule has 0 aliphatic rings. The monoisotopic (exact) mass is 478 g/mol. The zero-order valence-electron chi connectivity index (χ0n) is 17.7. The molecule has 9 heteroatoms. The van der Waals surface area contributed by atoms with Gasteiger partial charge in [-0.2, -0.15) is 8.42 Å². The van der Waals surface area contributed by atoms with Crippen molar-refractivity contribution in [2.75, 3.05) is 7.11 Å². The molecule has 0 saturated carbocycles. The van der Waals surface area contributed by atoms with E-state index in [9.17, 15) is 13.2 Å². The zero-order chi connectivity index (χ0) is 23.2. The van der Waals surface area contributed by atoms with E-state index in [1.165, 1.54) is 36.6 Å². The van der Waals surface area contributed by atoms with Gasteiger partial charge in [0.05, 0.1) is 22.7 Å². The van der Waals surface area contributed by atoms with Gasteiger partial charge in [0.2, 0.25) is 0 Å². The van der Waals surface area contributed by atoms with Crippen LogP contribution in [0.3, 0.4) is 0 Å². The molecule has 5 rings (SSSR count). The molecular formula is C24H18N2O5S2. The smallest absolute Gasteiger partial charge is 0.339 e. The molecule has 0 aliphatic carbocycles. The van der Waals surface area contributed by atoms with Gasteiger partial charge in [-0.3, -0.25) is 4.79 Å². The van der Waals surface area contributed by atoms with Crippen LogP contribution < -0.4 is 19.0 Å². The fourth-order valence-corrected chi connectivity index (χ4v) is 5.40. The molecule has 0 fully saturated rings. The first kappa shape index (κ1) is 21.2. The number of fused-ring (bicyclic) bond motifs is 3. The number of hydrogen-bond donors (Lipinski definition) is 0. The predicted molar refractivity (Wildman–Crippen MR) is 128 cm³/mol. The van der Waals surface area contributed by atoms with Crippen molar-refractivity contribution >= 4 is 43.5 Å². The molecule has 2 heterocycles. The lowest BCUT2D eigenvalue weighted by Crippen LogP contribution is -2.22. The molecule has 0 saturated heterocycles. The Labute approximate surface area is 193 Å². The molecule has 166 valence electrons. The van der Waals surface area contributed by atoms with Crippen LogP contribution in [0.2, 0.25) is 0 Å². The van der Waals surface area contributed by atoms with E-state index in [4.69, 9.17) is 8.92 Å². The van der Waals surface area contributed by atoms with Gasteiger partial charge in [0.1, 0.15) is 4.90 Å². The van der Waals surface area contributed by atoms with E-state index < -0.39 is 10.1 Å². The molecule has 3 aromatic carbocycles. The first-order valence-corrected chi connectivity index (χ1v) is 12.2. The van der Waals surface area contributed by atoms with Gasteiger partial charge in [-0.1, -0.05) is 47.2 Å². The quantitative estimate of drug-likeness (QED) is 0.359. The Hall–Kier alpha value is -3.69. The lowest BCUT2D eigenvalue weighted by atomic mass is 10.2. The van der Waals surface area contributed by atoms with Crippen LogP contribution in [0, 0.1) is 6.92 Å². The molecule has 0 spiro atoms. The van der Waals surface area contributed by atoms with Crippen LogP contribution in [0.4, 0.5) is 0 Å². The number of methoxy groups -OCH3 is 1. The number of benzene rings is 3. The molecule has 7 nitrogen and oxygen atoms in total. The number of imidazole rings is 1. The van der Waals surface area contributed by atoms with Crippen LogP contribution in [0.15, 0.2) is 76.4 Å². The molecule has 0 aliphatic heterocycles. The van der Waals surface area contributed by atoms with Crippen molar-refractivity contribution in [3.05, 3.63) is 92.7 Å². The molecule has 2 aromatic heterocycles. The summed E-state index contributed by atoms with van der Waals surface area (Å²) in [5.74, 6) is 0.295. The third-order valence-corrected chi connectivity index (χ3v) is 7.36. The van der Waals surface area contributed by atoms with Crippen molar-refractivity contribution in [1.29, 1.82) is 0 Å². The van der Waals surface area contributed by atoms with E-state index in [-0.39, 0.29) is 22.0 Å². The average Bonchev–Trinajstić information content (AvgIpc) is 3.31. The van der Waals surface area contributed by atoms with Gasteiger partial charge in [-0.15, -0.1) is 0 Å². The predicted octanol–water partition coefficient (Wildman–Crippen LogP) is 3.54. The van der Waals surface area contributed by atoms with Gasteiger partial charge < -0.3 is 8.92 Å². The average molecular weight is 479 g/mol. The van der Waals surface area contributed by atoms with Crippen molar-refractivity contribution < 1.29 is 17.3 Å². The largest absolute Gasteiger partial charge is 0.493 e. The summed E-state index contributed by atoms with van der Waals surface area (Å²) < 4.78 is 38.1. The molecule has 0 bridgehead atoms. The number of para-hydroxylation sites is 2. The Morgan fingerprint density at radius 2 is 1.76 bits per heavy atom. The highest BCUT2D eigenvalue weighted by molar-refractivity contribution is 7.87. The summed E-state index contributed by atoms with van der Waals surface area (Å²) in [5, 5.41) is 0. The standard InChI is InChI=1S/C24H18N2O5S2/c1-15-7-10-17(11-8-15)33(28,29)31-20-12-9-16(13-21(20)30-2)14-22-23(27)26-19-6-4-3-5-18(19)25-24(26)32-22/h3-14H,1-2H3. The second-order valence-corrected chi connectivity index (χ2v) is 9.95. The number of hydrogen-bond acceptors (Lipinski definition) is 7. The fraction of sp³-hybridized carbons (Fsp3) is 0.0833. The minimum atomic E-state index is -4.02. The SMILES string of the molecule is COc1cc(C=c2sc3nc4ccccc4n3c2=O)ccc1OS(=O)(=O)c1ccc(C)cc1. The second kappa shape index (κ2) is 8.02. The summed E-state index contributed by atoms with van der Waals surface area (Å²) in [7, 11) is -2.60. The lowest BCUT2D eigenvalue weighted by Gasteiger charge is -2.11. The van der Waals surface area contributed by atoms with Gasteiger partial charge in [0.25, 0.3) is 5.56 Å². The van der Waals surface area contributed by atoms with Gasteiger partial charge in [0.15, 0.2) is 16.5 Å². The molecule has 0 radical (unpaired) electrons. The number of thiazole rings is 1. The summed E-state index contributed by atoms with van der Waals surface area (Å²) in [5.41, 5.74) is 2.97. The normalized spacial score (nSPS) is 12.5. The van der Waals surface area contributed by atoms with E-state index in [0.717, 1.165) is 16.6 Å². The number of aryl methyl sites for hydroxylation is 1. The zero-order valence-corrected chi connectivity index (χ0v) is 19.3. The third kappa shape index (κ3) is 3.85. The van der Waals surface area contributed by atoms with Crippen LogP contribution in [-0.2, 0) is 10.1 Å². The van der Waals surface area contributed by atoms with Crippen LogP contribution in [0.5, 0.6) is 11.5 Å². The van der Waals surface area contributed by atoms with Crippen LogP contribution in [-0.4, -0.2) is 24.9 Å². The Morgan fingerprint density at radius 3 is 2.52 bits per heavy atom. The molecule has 5 aromatic rings. The highest BCUT2D eigenvalue weighted by Crippen LogP contribution is 2.31. The summed E-state index contributed by atoms with van der Waals surface area (Å²) in [6.45, 7) is 1.87. The Kier molecular flexibility index (Phi) is 5.15. The molecule has 0 amide bonds. The van der Waals surface area contributed by atoms with E-state index in [2.05, 4.69) is 4.98 Å². The number of ether oxygens (including phenoxy) is 1. The second-order valence-electron chi connectivity index (χ2n) is 7.40. The van der Waals surface area contributed by atoms with Crippen molar-refractivity contribution in [2.24, 2.45) is 0 Å². The van der Waals surface area contributed by atoms with Crippen LogP contribution in [0.1, 0.15) is 11.1 Å². The van der Waals surface area contributed by atoms with E-state index in [0.29, 0.717) is 15.1 Å². The van der Waals surface area contributed by atoms with Crippen molar-refractivity contribution in [2.45, 2.75) is 11.8 Å². The van der Waals surface area contributed by atoms with Crippen LogP contribution >= 0.6 is 11.3 Å². The Morgan fingerprint density at radius 1 is 1.00 bits per heavy atom. The minimum Gasteiger partial charge on any atom is -0.493 e. The highest BCUT2D eigenvalue weighted by atomic mass is 32.2. The minimum absolute atomic E-state index is 0.0518. The van der Waals surface area contributed by atoms with E-state index in [1.807, 2.05) is 31.2 Å². The molecule has 0 atom stereocenters. The third-order valence-electron chi connectivity index (χ3n) is 5.14. The van der Waals surface area contributed by atoms with Crippen molar-refractivity contribution in [3.63, 3.8) is 0 Å². The first-order chi connectivity index (χ1) is 15.9. The molecular weight excluding hydrogens is 460 g/mol. The van der Waals surface area contributed by atoms with Gasteiger partial charge in [-0.25, -0.2) is 9.38 Å². The summed E-state index contributed by atoms with van der Waals surface area (Å²) >= 11 is 1.29. The number of nitrogens with zero attached hydrogens (tertiary/aromatic N) is 2. The summed E-state index contributed by atoms with van der Waals surface area (Å²) in [6.07, 6.45) is 1.72. The van der Waals surface area contributed by atoms with Gasteiger partial charge >= 0.3 is 10.1 Å². The highest BCUT2D eigenvalue weighted by Gasteiger charge is 2.19. The number of aromatic nitrogens is 2. The maximum absolute atomic E-state index is 13.0. The Balaban J connectivity index is 1.52. The Bertz CT molecular complexity index is 1720. The summed E-state index contributed by atoms with van der Waals surface area (Å²) in [6, 6.07) is 18.7. The van der Waals surface area contributed by atoms with Crippen molar-refractivity contribution in [1.82, 2.24) is 9.38 Å². The number of rotatable bonds is 5. The van der Waals surface area contributed by atoms with E-state index in [1.54, 1.807) is 34.7 Å². The van der Waals surface area contributed by atoms with Gasteiger partial charge in [0, 0.05) is 0 Å². The van der Waals surface area contributed by atoms with Gasteiger partial charge in [-0.05, 0) is 55.0 Å². The molecule has 0 unspecified atom stereocenters. The fourth-order valence-electron chi connectivity index (χ4n) is 3.48. The molecule has 33 heavy (non-hydrogen) atoms. The maximum atomic E-state index is 13.0. The lowest BCUT2D eigenvalue weighted by molar-refractivity contribution is 0.390. The maximum Gasteiger partial charge on any atom is 0.339 e. The molecule has 0 N–H and O–H groups in total. The topological polar surface area (TPSA) is 87.0 Å².